The summed E-state index contributed by atoms with van der Waals surface area (Å²) >= 11 is 0. The molecule has 0 amide bonds. The zero-order chi connectivity index (χ0) is 8.97. The lowest BCUT2D eigenvalue weighted by atomic mass is 10.1. The van der Waals surface area contributed by atoms with Crippen LogP contribution < -0.4 is 5.43 Å². The minimum absolute atomic E-state index is 0.805. The molecule has 0 spiro atoms. The van der Waals surface area contributed by atoms with Crippen molar-refractivity contribution in [2.45, 2.75) is 25.8 Å². The molecule has 0 radical (unpaired) electrons. The Morgan fingerprint density at radius 2 is 2.00 bits per heavy atom. The van der Waals surface area contributed by atoms with E-state index in [0.717, 1.165) is 6.04 Å². The Morgan fingerprint density at radius 1 is 1.42 bits per heavy atom. The van der Waals surface area contributed by atoms with Crippen LogP contribution in [0.15, 0.2) is 0 Å². The first kappa shape index (κ1) is 9.96. The van der Waals surface area contributed by atoms with Gasteiger partial charge < -0.3 is 4.90 Å². The van der Waals surface area contributed by atoms with Crippen molar-refractivity contribution in [2.24, 2.45) is 0 Å². The van der Waals surface area contributed by atoms with Gasteiger partial charge in [-0.1, -0.05) is 6.92 Å². The fourth-order valence-electron chi connectivity index (χ4n) is 1.79. The predicted molar refractivity (Wildman–Crippen MR) is 52.0 cm³/mol. The molecule has 1 heterocycles. The summed E-state index contributed by atoms with van der Waals surface area (Å²) in [5.74, 6) is 0. The van der Waals surface area contributed by atoms with Gasteiger partial charge in [-0.3, -0.25) is 5.43 Å². The summed E-state index contributed by atoms with van der Waals surface area (Å²) in [5, 5.41) is 2.29. The van der Waals surface area contributed by atoms with Crippen molar-refractivity contribution in [3.05, 3.63) is 0 Å². The maximum Gasteiger partial charge on any atom is 0.0145 e. The molecule has 1 fully saturated rings. The second kappa shape index (κ2) is 4.80. The van der Waals surface area contributed by atoms with Crippen molar-refractivity contribution >= 4 is 0 Å². The Morgan fingerprint density at radius 3 is 2.42 bits per heavy atom. The minimum Gasteiger partial charge on any atom is -0.304 e. The molecule has 0 aromatic carbocycles. The molecule has 3 nitrogen and oxygen atoms in total. The van der Waals surface area contributed by atoms with Crippen LogP contribution in [0.1, 0.15) is 19.8 Å². The normalized spacial score (nSPS) is 22.0. The van der Waals surface area contributed by atoms with E-state index in [1.165, 1.54) is 32.5 Å². The molecule has 1 rings (SSSR count). The van der Waals surface area contributed by atoms with Gasteiger partial charge in [-0.25, -0.2) is 5.01 Å². The Kier molecular flexibility index (Phi) is 3.98. The van der Waals surface area contributed by atoms with Gasteiger partial charge in [0.25, 0.3) is 0 Å². The smallest absolute Gasteiger partial charge is 0.0145 e. The van der Waals surface area contributed by atoms with E-state index in [0.29, 0.717) is 0 Å². The maximum atomic E-state index is 3.20. The largest absolute Gasteiger partial charge is 0.304 e. The van der Waals surface area contributed by atoms with Gasteiger partial charge in [0.2, 0.25) is 0 Å². The summed E-state index contributed by atoms with van der Waals surface area (Å²) in [4.78, 5) is 2.45. The molecule has 12 heavy (non-hydrogen) atoms. The van der Waals surface area contributed by atoms with Gasteiger partial charge in [0, 0.05) is 19.1 Å². The Bertz CT molecular complexity index is 119. The highest BCUT2D eigenvalue weighted by atomic mass is 15.5. The molecule has 1 aliphatic heterocycles. The molecule has 0 aliphatic carbocycles. The van der Waals surface area contributed by atoms with E-state index in [4.69, 9.17) is 0 Å². The van der Waals surface area contributed by atoms with Crippen molar-refractivity contribution in [1.82, 2.24) is 15.3 Å². The average Bonchev–Trinajstić information content (AvgIpc) is 2.17. The fourth-order valence-corrected chi connectivity index (χ4v) is 1.79. The quantitative estimate of drug-likeness (QED) is 0.668. The predicted octanol–water partition coefficient (Wildman–Crippen LogP) is 0.537. The highest BCUT2D eigenvalue weighted by Crippen LogP contribution is 2.12. The highest BCUT2D eigenvalue weighted by Gasteiger charge is 2.20. The van der Waals surface area contributed by atoms with Crippen molar-refractivity contribution in [2.75, 3.05) is 33.7 Å². The van der Waals surface area contributed by atoms with Gasteiger partial charge in [0.05, 0.1) is 0 Å². The molecule has 0 saturated carbocycles. The molecule has 0 aromatic heterocycles. The molecule has 1 N–H and O–H groups in total. The zero-order valence-electron chi connectivity index (χ0n) is 8.51. The number of hydrogen-bond donors (Lipinski definition) is 1. The van der Waals surface area contributed by atoms with Crippen LogP contribution in [-0.4, -0.2) is 49.7 Å². The molecular weight excluding hydrogens is 150 g/mol. The minimum atomic E-state index is 0.805. The van der Waals surface area contributed by atoms with E-state index in [2.05, 4.69) is 29.3 Å². The topological polar surface area (TPSA) is 18.5 Å². The van der Waals surface area contributed by atoms with Crippen LogP contribution in [0.25, 0.3) is 0 Å². The first-order valence-electron chi connectivity index (χ1n) is 4.90. The lowest BCUT2D eigenvalue weighted by Gasteiger charge is -2.35. The summed E-state index contributed by atoms with van der Waals surface area (Å²) in [6.45, 7) is 5.77. The fraction of sp³-hybridized carbons (Fsp3) is 1.00. The van der Waals surface area contributed by atoms with E-state index < -0.39 is 0 Å². The molecule has 0 aromatic rings. The first-order chi connectivity index (χ1) is 5.77. The van der Waals surface area contributed by atoms with E-state index in [1.807, 2.05) is 7.05 Å². The van der Waals surface area contributed by atoms with Crippen molar-refractivity contribution in [1.29, 1.82) is 0 Å². The van der Waals surface area contributed by atoms with Crippen LogP contribution in [0.2, 0.25) is 0 Å². The van der Waals surface area contributed by atoms with Gasteiger partial charge >= 0.3 is 0 Å². The third-order valence-corrected chi connectivity index (χ3v) is 2.90. The highest BCUT2D eigenvalue weighted by molar-refractivity contribution is 4.75. The molecule has 1 aliphatic rings. The standard InChI is InChI=1S/C9H21N3/c1-4-11(3)9-5-7-12(10-2)8-6-9/h9-10H,4-8H2,1-3H3. The summed E-state index contributed by atoms with van der Waals surface area (Å²) in [6, 6.07) is 0.805. The van der Waals surface area contributed by atoms with Gasteiger partial charge in [0.1, 0.15) is 0 Å². The number of piperidine rings is 1. The summed E-state index contributed by atoms with van der Waals surface area (Å²) in [7, 11) is 4.23. The molecular formula is C9H21N3. The Balaban J connectivity index is 2.25. The molecule has 1 saturated heterocycles. The zero-order valence-corrected chi connectivity index (χ0v) is 8.51. The van der Waals surface area contributed by atoms with E-state index in [9.17, 15) is 0 Å². The number of rotatable bonds is 3. The molecule has 0 atom stereocenters. The van der Waals surface area contributed by atoms with E-state index >= 15 is 0 Å². The van der Waals surface area contributed by atoms with Crippen LogP contribution in [0.5, 0.6) is 0 Å². The SMILES string of the molecule is CCN(C)C1CCN(NC)CC1. The van der Waals surface area contributed by atoms with Crippen LogP contribution >= 0.6 is 0 Å². The van der Waals surface area contributed by atoms with Crippen molar-refractivity contribution < 1.29 is 0 Å². The second-order valence-corrected chi connectivity index (χ2v) is 3.52. The number of nitrogens with zero attached hydrogens (tertiary/aromatic N) is 2. The number of hydrazine groups is 1. The van der Waals surface area contributed by atoms with E-state index in [1.54, 1.807) is 0 Å². The second-order valence-electron chi connectivity index (χ2n) is 3.52. The van der Waals surface area contributed by atoms with Gasteiger partial charge in [-0.2, -0.15) is 0 Å². The maximum absolute atomic E-state index is 3.20. The van der Waals surface area contributed by atoms with Gasteiger partial charge in [-0.15, -0.1) is 0 Å². The molecule has 3 heteroatoms. The van der Waals surface area contributed by atoms with E-state index in [-0.39, 0.29) is 0 Å². The lowest BCUT2D eigenvalue weighted by Crippen LogP contribution is -2.47. The van der Waals surface area contributed by atoms with Gasteiger partial charge in [0.15, 0.2) is 0 Å². The summed E-state index contributed by atoms with van der Waals surface area (Å²) < 4.78 is 0. The lowest BCUT2D eigenvalue weighted by molar-refractivity contribution is 0.102. The van der Waals surface area contributed by atoms with Gasteiger partial charge in [-0.05, 0) is 33.5 Å². The summed E-state index contributed by atoms with van der Waals surface area (Å²) in [6.07, 6.45) is 2.59. The van der Waals surface area contributed by atoms with Crippen molar-refractivity contribution in [3.63, 3.8) is 0 Å². The van der Waals surface area contributed by atoms with Crippen molar-refractivity contribution in [3.8, 4) is 0 Å². The molecule has 0 unspecified atom stereocenters. The average molecular weight is 171 g/mol. The van der Waals surface area contributed by atoms with Crippen LogP contribution in [0.4, 0.5) is 0 Å². The number of hydrogen-bond acceptors (Lipinski definition) is 3. The Labute approximate surface area is 75.7 Å². The molecule has 72 valence electrons. The molecule has 0 bridgehead atoms. The Hall–Kier alpha value is -0.120. The van der Waals surface area contributed by atoms with Crippen LogP contribution in [0.3, 0.4) is 0 Å². The van der Waals surface area contributed by atoms with Crippen LogP contribution in [0, 0.1) is 0 Å². The third-order valence-electron chi connectivity index (χ3n) is 2.90. The third kappa shape index (κ3) is 2.44. The number of nitrogens with one attached hydrogen (secondary N) is 1. The summed E-state index contributed by atoms with van der Waals surface area (Å²) in [5.41, 5.74) is 3.20. The first-order valence-corrected chi connectivity index (χ1v) is 4.90. The monoisotopic (exact) mass is 171 g/mol. The van der Waals surface area contributed by atoms with Crippen LogP contribution in [-0.2, 0) is 0 Å².